The highest BCUT2D eigenvalue weighted by atomic mass is 35.5. The Morgan fingerprint density at radius 3 is 2.94 bits per heavy atom. The molecule has 0 saturated carbocycles. The zero-order valence-electron chi connectivity index (χ0n) is 9.02. The van der Waals surface area contributed by atoms with Gasteiger partial charge in [-0.1, -0.05) is 11.6 Å². The van der Waals surface area contributed by atoms with E-state index in [2.05, 4.69) is 4.98 Å². The normalized spacial score (nSPS) is 26.4. The highest BCUT2D eigenvalue weighted by Crippen LogP contribution is 2.41. The molecule has 0 amide bonds. The van der Waals surface area contributed by atoms with Crippen LogP contribution in [-0.4, -0.2) is 33.3 Å². The lowest BCUT2D eigenvalue weighted by Crippen LogP contribution is -2.35. The van der Waals surface area contributed by atoms with Crippen molar-refractivity contribution in [2.75, 3.05) is 12.3 Å². The number of aliphatic hydroxyl groups is 1. The number of hydrogen-bond donors (Lipinski definition) is 2. The van der Waals surface area contributed by atoms with Crippen molar-refractivity contribution in [2.45, 2.75) is 24.7 Å². The quantitative estimate of drug-likeness (QED) is 0.818. The molecule has 6 nitrogen and oxygen atoms in total. The van der Waals surface area contributed by atoms with Crippen molar-refractivity contribution >= 4 is 17.4 Å². The van der Waals surface area contributed by atoms with Gasteiger partial charge in [0.1, 0.15) is 5.82 Å². The summed E-state index contributed by atoms with van der Waals surface area (Å²) >= 11 is 5.63. The molecular formula is C9H10ClF2N3O3. The number of nitrogen functional groups attached to an aromatic ring is 1. The van der Waals surface area contributed by atoms with Crippen molar-refractivity contribution in [3.05, 3.63) is 21.7 Å². The van der Waals surface area contributed by atoms with Crippen LogP contribution in [0.4, 0.5) is 14.6 Å². The molecule has 1 aromatic heterocycles. The zero-order valence-corrected chi connectivity index (χ0v) is 9.77. The molecule has 0 spiro atoms. The van der Waals surface area contributed by atoms with Gasteiger partial charge in [-0.25, -0.2) is 13.6 Å². The van der Waals surface area contributed by atoms with Crippen molar-refractivity contribution in [2.24, 2.45) is 0 Å². The Balaban J connectivity index is 2.43. The molecule has 0 aliphatic carbocycles. The van der Waals surface area contributed by atoms with Gasteiger partial charge in [-0.05, 0) is 0 Å². The zero-order chi connectivity index (χ0) is 13.5. The number of rotatable bonds is 2. The van der Waals surface area contributed by atoms with E-state index in [1.54, 1.807) is 0 Å². The molecule has 0 radical (unpaired) electrons. The van der Waals surface area contributed by atoms with Gasteiger partial charge < -0.3 is 15.6 Å². The standard InChI is InChI=1S/C9H10ClF2N3O3/c10-5-2-15(8(17)14-6(5)13)7-9(11,12)1-4(3-16)18-7/h2,4,7,16H,1,3H2,(H2,13,14,17)/t4-,7+/m1/s1. The Kier molecular flexibility index (Phi) is 3.26. The lowest BCUT2D eigenvalue weighted by atomic mass is 10.2. The molecule has 1 aliphatic heterocycles. The molecule has 1 fully saturated rings. The Hall–Kier alpha value is -1.25. The fourth-order valence-corrected chi connectivity index (χ4v) is 1.88. The van der Waals surface area contributed by atoms with Crippen LogP contribution >= 0.6 is 11.6 Å². The SMILES string of the molecule is Nc1nc(=O)n([C@H]2O[C@@H](CO)CC2(F)F)cc1Cl. The number of ether oxygens (including phenoxy) is 1. The minimum Gasteiger partial charge on any atom is -0.394 e. The molecule has 0 unspecified atom stereocenters. The van der Waals surface area contributed by atoms with Gasteiger partial charge in [-0.3, -0.25) is 4.57 Å². The summed E-state index contributed by atoms with van der Waals surface area (Å²) in [5.74, 6) is -3.53. The van der Waals surface area contributed by atoms with Gasteiger partial charge in [0.15, 0.2) is 0 Å². The molecule has 0 aromatic carbocycles. The maximum atomic E-state index is 13.6. The van der Waals surface area contributed by atoms with Crippen molar-refractivity contribution in [3.8, 4) is 0 Å². The summed E-state index contributed by atoms with van der Waals surface area (Å²) in [5, 5.41) is 8.70. The summed E-state index contributed by atoms with van der Waals surface area (Å²) in [7, 11) is 0. The number of nitrogens with two attached hydrogens (primary N) is 1. The maximum Gasteiger partial charge on any atom is 0.351 e. The number of nitrogens with zero attached hydrogens (tertiary/aromatic N) is 2. The molecule has 1 aromatic rings. The minimum atomic E-state index is -3.29. The van der Waals surface area contributed by atoms with Crippen LogP contribution in [0.1, 0.15) is 12.6 Å². The molecule has 1 aliphatic rings. The van der Waals surface area contributed by atoms with Crippen molar-refractivity contribution < 1.29 is 18.6 Å². The van der Waals surface area contributed by atoms with E-state index >= 15 is 0 Å². The summed E-state index contributed by atoms with van der Waals surface area (Å²) < 4.78 is 32.8. The lowest BCUT2D eigenvalue weighted by molar-refractivity contribution is -0.120. The summed E-state index contributed by atoms with van der Waals surface area (Å²) in [6.07, 6.45) is -2.60. The molecule has 2 rings (SSSR count). The Bertz CT molecular complexity index is 522. The van der Waals surface area contributed by atoms with Gasteiger partial charge in [-0.15, -0.1) is 0 Å². The van der Waals surface area contributed by atoms with Crippen LogP contribution < -0.4 is 11.4 Å². The first-order valence-electron chi connectivity index (χ1n) is 5.03. The van der Waals surface area contributed by atoms with Crippen LogP contribution in [-0.2, 0) is 4.74 Å². The topological polar surface area (TPSA) is 90.4 Å². The molecule has 100 valence electrons. The molecule has 2 heterocycles. The summed E-state index contributed by atoms with van der Waals surface area (Å²) in [5.41, 5.74) is 4.30. The number of halogens is 3. The van der Waals surface area contributed by atoms with Crippen molar-refractivity contribution in [3.63, 3.8) is 0 Å². The second-order valence-electron chi connectivity index (χ2n) is 3.92. The van der Waals surface area contributed by atoms with Crippen LogP contribution in [0.25, 0.3) is 0 Å². The second-order valence-corrected chi connectivity index (χ2v) is 4.33. The fraction of sp³-hybridized carbons (Fsp3) is 0.556. The average Bonchev–Trinajstić information content (AvgIpc) is 2.59. The van der Waals surface area contributed by atoms with E-state index in [0.29, 0.717) is 4.57 Å². The molecule has 3 N–H and O–H groups in total. The molecule has 0 bridgehead atoms. The van der Waals surface area contributed by atoms with Crippen LogP contribution in [0.5, 0.6) is 0 Å². The van der Waals surface area contributed by atoms with Crippen LogP contribution in [0.2, 0.25) is 5.02 Å². The van der Waals surface area contributed by atoms with Gasteiger partial charge >= 0.3 is 5.69 Å². The van der Waals surface area contributed by atoms with Crippen LogP contribution in [0, 0.1) is 0 Å². The molecule has 1 saturated heterocycles. The first-order valence-corrected chi connectivity index (χ1v) is 5.41. The van der Waals surface area contributed by atoms with E-state index in [-0.39, 0.29) is 10.8 Å². The Labute approximate surface area is 105 Å². The van der Waals surface area contributed by atoms with Gasteiger partial charge in [-0.2, -0.15) is 4.98 Å². The van der Waals surface area contributed by atoms with E-state index in [4.69, 9.17) is 27.2 Å². The third kappa shape index (κ3) is 2.18. The van der Waals surface area contributed by atoms with Gasteiger partial charge in [0.25, 0.3) is 5.92 Å². The number of anilines is 1. The monoisotopic (exact) mass is 281 g/mol. The number of hydrogen-bond acceptors (Lipinski definition) is 5. The summed E-state index contributed by atoms with van der Waals surface area (Å²) in [4.78, 5) is 14.8. The predicted octanol–water partition coefficient (Wildman–Crippen LogP) is 0.394. The van der Waals surface area contributed by atoms with Crippen LogP contribution in [0.3, 0.4) is 0 Å². The van der Waals surface area contributed by atoms with E-state index in [9.17, 15) is 13.6 Å². The van der Waals surface area contributed by atoms with E-state index in [0.717, 1.165) is 6.20 Å². The third-order valence-electron chi connectivity index (χ3n) is 2.57. The largest absolute Gasteiger partial charge is 0.394 e. The Morgan fingerprint density at radius 2 is 2.39 bits per heavy atom. The first-order chi connectivity index (χ1) is 8.35. The molecule has 9 heteroatoms. The van der Waals surface area contributed by atoms with Gasteiger partial charge in [0.05, 0.1) is 17.7 Å². The van der Waals surface area contributed by atoms with E-state index in [1.807, 2.05) is 0 Å². The highest BCUT2D eigenvalue weighted by Gasteiger charge is 2.51. The Morgan fingerprint density at radius 1 is 1.72 bits per heavy atom. The summed E-state index contributed by atoms with van der Waals surface area (Å²) in [6, 6.07) is 0. The van der Waals surface area contributed by atoms with Gasteiger partial charge in [0.2, 0.25) is 6.23 Å². The maximum absolute atomic E-state index is 13.6. The second kappa shape index (κ2) is 4.45. The van der Waals surface area contributed by atoms with E-state index in [1.165, 1.54) is 0 Å². The van der Waals surface area contributed by atoms with E-state index < -0.39 is 37.0 Å². The molecular weight excluding hydrogens is 272 g/mol. The number of alkyl halides is 2. The number of aromatic nitrogens is 2. The average molecular weight is 282 g/mol. The lowest BCUT2D eigenvalue weighted by Gasteiger charge is -2.20. The smallest absolute Gasteiger partial charge is 0.351 e. The fourth-order valence-electron chi connectivity index (χ4n) is 1.74. The molecule has 18 heavy (non-hydrogen) atoms. The first kappa shape index (κ1) is 13.2. The highest BCUT2D eigenvalue weighted by molar-refractivity contribution is 6.32. The third-order valence-corrected chi connectivity index (χ3v) is 2.86. The van der Waals surface area contributed by atoms with Crippen LogP contribution in [0.15, 0.2) is 11.0 Å². The van der Waals surface area contributed by atoms with Gasteiger partial charge in [0, 0.05) is 12.6 Å². The molecule has 2 atom stereocenters. The minimum absolute atomic E-state index is 0.124. The van der Waals surface area contributed by atoms with Crippen molar-refractivity contribution in [1.82, 2.24) is 9.55 Å². The predicted molar refractivity (Wildman–Crippen MR) is 58.5 cm³/mol. The number of aliphatic hydroxyl groups excluding tert-OH is 1. The van der Waals surface area contributed by atoms with Crippen molar-refractivity contribution in [1.29, 1.82) is 0 Å². The summed E-state index contributed by atoms with van der Waals surface area (Å²) in [6.45, 7) is -0.559.